The third-order valence-electron chi connectivity index (χ3n) is 6.21. The van der Waals surface area contributed by atoms with Crippen molar-refractivity contribution in [3.8, 4) is 0 Å². The molecular weight excluding hydrogens is 520 g/mol. The third kappa shape index (κ3) is 5.09. The van der Waals surface area contributed by atoms with Crippen LogP contribution in [-0.4, -0.2) is 21.4 Å². The number of nitrogens with zero attached hydrogens (tertiary/aromatic N) is 1. The first-order chi connectivity index (χ1) is 18.4. The van der Waals surface area contributed by atoms with Gasteiger partial charge < -0.3 is 10.1 Å². The number of fused-ring (bicyclic) bond motifs is 1. The zero-order chi connectivity index (χ0) is 26.7. The van der Waals surface area contributed by atoms with Crippen molar-refractivity contribution in [2.75, 3.05) is 16.7 Å². The Labute approximate surface area is 227 Å². The summed E-state index contributed by atoms with van der Waals surface area (Å²) in [5.41, 5.74) is 4.01. The first-order valence-corrected chi connectivity index (χ1v) is 13.8. The van der Waals surface area contributed by atoms with E-state index in [4.69, 9.17) is 16.3 Å². The van der Waals surface area contributed by atoms with Gasteiger partial charge in [-0.15, -0.1) is 0 Å². The minimum Gasteiger partial charge on any atom is -0.380 e. The summed E-state index contributed by atoms with van der Waals surface area (Å²) in [6.45, 7) is 0.413. The lowest BCUT2D eigenvalue weighted by atomic mass is 9.95. The Morgan fingerprint density at radius 1 is 0.868 bits per heavy atom. The number of hydrogen-bond acceptors (Lipinski definition) is 4. The van der Waals surface area contributed by atoms with Crippen LogP contribution in [0.1, 0.15) is 22.3 Å². The van der Waals surface area contributed by atoms with E-state index in [0.717, 1.165) is 11.1 Å². The summed E-state index contributed by atoms with van der Waals surface area (Å²) in [7, 11) is -2.71. The minimum atomic E-state index is -4.29. The zero-order valence-electron chi connectivity index (χ0n) is 20.6. The molecule has 0 radical (unpaired) electrons. The summed E-state index contributed by atoms with van der Waals surface area (Å²) in [4.78, 5) is 13.5. The van der Waals surface area contributed by atoms with E-state index in [-0.39, 0.29) is 11.4 Å². The second kappa shape index (κ2) is 10.8. The Balaban J connectivity index is 1.71. The molecule has 0 saturated carbocycles. The molecule has 0 atom stereocenters. The van der Waals surface area contributed by atoms with Gasteiger partial charge in [-0.2, -0.15) is 0 Å². The minimum absolute atomic E-state index is 0.0555. The number of carbonyl (C=O) groups excluding carboxylic acids is 1. The van der Waals surface area contributed by atoms with Gasteiger partial charge in [0.2, 0.25) is 0 Å². The normalized spacial score (nSPS) is 14.2. The van der Waals surface area contributed by atoms with E-state index in [2.05, 4.69) is 5.32 Å². The topological polar surface area (TPSA) is 75.7 Å². The predicted octanol–water partition coefficient (Wildman–Crippen LogP) is 6.23. The fraction of sp³-hybridized carbons (Fsp3) is 0.100. The van der Waals surface area contributed by atoms with Crippen LogP contribution in [0.15, 0.2) is 108 Å². The quantitative estimate of drug-likeness (QED) is 0.299. The first kappa shape index (κ1) is 25.7. The van der Waals surface area contributed by atoms with Gasteiger partial charge in [-0.1, -0.05) is 84.4 Å². The van der Waals surface area contributed by atoms with E-state index in [1.165, 1.54) is 4.31 Å². The molecule has 4 aromatic rings. The van der Waals surface area contributed by atoms with Gasteiger partial charge in [-0.25, -0.2) is 8.42 Å². The molecule has 5 rings (SSSR count). The average molecular weight is 545 g/mol. The summed E-state index contributed by atoms with van der Waals surface area (Å²) < 4.78 is 35.1. The molecular formula is C30H25ClN2O4S. The number of ether oxygens (including phenoxy) is 1. The molecule has 0 aliphatic carbocycles. The molecule has 0 bridgehead atoms. The van der Waals surface area contributed by atoms with Gasteiger partial charge in [0.25, 0.3) is 15.9 Å². The Morgan fingerprint density at radius 2 is 1.55 bits per heavy atom. The standard InChI is InChI=1S/C30H25ClN2O4S/c1-37-20-22-11-8-14-25(17-22)32-30(34)29-28(23-12-6-3-7-13-23)26-18-24(31)15-16-27(26)33(38(29,35)36)19-21-9-4-2-5-10-21/h2-18H,19-20H2,1H3,(H,32,34). The van der Waals surface area contributed by atoms with Gasteiger partial charge in [0.05, 0.1) is 18.8 Å². The highest BCUT2D eigenvalue weighted by atomic mass is 35.5. The van der Waals surface area contributed by atoms with E-state index in [1.807, 2.05) is 42.5 Å². The first-order valence-electron chi connectivity index (χ1n) is 11.9. The van der Waals surface area contributed by atoms with Crippen LogP contribution < -0.4 is 9.62 Å². The molecule has 8 heteroatoms. The van der Waals surface area contributed by atoms with Gasteiger partial charge >= 0.3 is 0 Å². The molecule has 0 unspecified atom stereocenters. The van der Waals surface area contributed by atoms with Crippen LogP contribution in [0.25, 0.3) is 5.57 Å². The molecule has 4 aromatic carbocycles. The van der Waals surface area contributed by atoms with Crippen molar-refractivity contribution in [3.63, 3.8) is 0 Å². The van der Waals surface area contributed by atoms with Crippen molar-refractivity contribution in [2.45, 2.75) is 13.2 Å². The van der Waals surface area contributed by atoms with E-state index >= 15 is 0 Å². The van der Waals surface area contributed by atoms with E-state index in [9.17, 15) is 13.2 Å². The van der Waals surface area contributed by atoms with Gasteiger partial charge in [0, 0.05) is 29.0 Å². The Bertz CT molecular complexity index is 1620. The molecule has 0 fully saturated rings. The van der Waals surface area contributed by atoms with Crippen molar-refractivity contribution in [3.05, 3.63) is 135 Å². The van der Waals surface area contributed by atoms with Gasteiger partial charge in [0.15, 0.2) is 4.91 Å². The lowest BCUT2D eigenvalue weighted by Gasteiger charge is -2.33. The number of carbonyl (C=O) groups is 1. The zero-order valence-corrected chi connectivity index (χ0v) is 22.2. The number of amides is 1. The van der Waals surface area contributed by atoms with Crippen LogP contribution in [-0.2, 0) is 32.7 Å². The second-order valence-corrected chi connectivity index (χ2v) is 11.1. The third-order valence-corrected chi connectivity index (χ3v) is 8.25. The smallest absolute Gasteiger partial charge is 0.270 e. The number of halogens is 1. The van der Waals surface area contributed by atoms with Crippen LogP contribution >= 0.6 is 11.6 Å². The molecule has 1 aliphatic rings. The second-order valence-electron chi connectivity index (χ2n) is 8.82. The molecule has 1 aliphatic heterocycles. The lowest BCUT2D eigenvalue weighted by molar-refractivity contribution is -0.112. The Morgan fingerprint density at radius 3 is 2.26 bits per heavy atom. The highest BCUT2D eigenvalue weighted by Gasteiger charge is 2.41. The van der Waals surface area contributed by atoms with Gasteiger partial charge in [-0.3, -0.25) is 9.10 Å². The number of nitrogens with one attached hydrogen (secondary N) is 1. The predicted molar refractivity (Wildman–Crippen MR) is 151 cm³/mol. The molecule has 6 nitrogen and oxygen atoms in total. The van der Waals surface area contributed by atoms with Gasteiger partial charge in [-0.05, 0) is 47.0 Å². The Hall–Kier alpha value is -3.91. The van der Waals surface area contributed by atoms with Crippen LogP contribution in [0, 0.1) is 0 Å². The van der Waals surface area contributed by atoms with Crippen molar-refractivity contribution in [1.82, 2.24) is 0 Å². The Kier molecular flexibility index (Phi) is 7.33. The largest absolute Gasteiger partial charge is 0.380 e. The van der Waals surface area contributed by atoms with Crippen molar-refractivity contribution < 1.29 is 17.9 Å². The maximum absolute atomic E-state index is 14.3. The summed E-state index contributed by atoms with van der Waals surface area (Å²) in [5, 5.41) is 3.24. The maximum Gasteiger partial charge on any atom is 0.270 e. The average Bonchev–Trinajstić information content (AvgIpc) is 2.91. The fourth-order valence-electron chi connectivity index (χ4n) is 4.55. The monoisotopic (exact) mass is 544 g/mol. The summed E-state index contributed by atoms with van der Waals surface area (Å²) in [5.74, 6) is -0.734. The van der Waals surface area contributed by atoms with Crippen molar-refractivity contribution in [2.24, 2.45) is 0 Å². The molecule has 0 aromatic heterocycles. The number of methoxy groups -OCH3 is 1. The molecule has 192 valence electrons. The molecule has 0 spiro atoms. The molecule has 38 heavy (non-hydrogen) atoms. The number of hydrogen-bond donors (Lipinski definition) is 1. The highest BCUT2D eigenvalue weighted by molar-refractivity contribution is 7.97. The lowest BCUT2D eigenvalue weighted by Crippen LogP contribution is -2.39. The van der Waals surface area contributed by atoms with Crippen LogP contribution in [0.3, 0.4) is 0 Å². The van der Waals surface area contributed by atoms with E-state index in [0.29, 0.717) is 39.7 Å². The van der Waals surface area contributed by atoms with Gasteiger partial charge in [0.1, 0.15) is 0 Å². The molecule has 1 N–H and O–H groups in total. The number of benzene rings is 4. The highest BCUT2D eigenvalue weighted by Crippen LogP contribution is 2.44. The summed E-state index contributed by atoms with van der Waals surface area (Å²) in [6.07, 6.45) is 0. The molecule has 1 heterocycles. The van der Waals surface area contributed by atoms with Crippen LogP contribution in [0.4, 0.5) is 11.4 Å². The molecule has 0 saturated heterocycles. The summed E-state index contributed by atoms with van der Waals surface area (Å²) in [6, 6.07) is 30.4. The molecule has 1 amide bonds. The van der Waals surface area contributed by atoms with E-state index < -0.39 is 15.9 Å². The fourth-order valence-corrected chi connectivity index (χ4v) is 6.45. The van der Waals surface area contributed by atoms with Crippen LogP contribution in [0.2, 0.25) is 5.02 Å². The van der Waals surface area contributed by atoms with E-state index in [1.54, 1.807) is 67.8 Å². The number of anilines is 2. The SMILES string of the molecule is COCc1cccc(NC(=O)C2=C(c3ccccc3)c3cc(Cl)ccc3N(Cc3ccccc3)S2(=O)=O)c1. The maximum atomic E-state index is 14.3. The van der Waals surface area contributed by atoms with Crippen molar-refractivity contribution in [1.29, 1.82) is 0 Å². The van der Waals surface area contributed by atoms with Crippen LogP contribution in [0.5, 0.6) is 0 Å². The summed E-state index contributed by atoms with van der Waals surface area (Å²) >= 11 is 6.41. The van der Waals surface area contributed by atoms with Crippen molar-refractivity contribution >= 4 is 44.5 Å². The number of rotatable bonds is 7. The number of sulfonamides is 1.